The minimum atomic E-state index is -1.09. The van der Waals surface area contributed by atoms with Crippen LogP contribution in [0, 0.1) is 0 Å². The molecule has 0 spiro atoms. The molecule has 1 aromatic rings. The van der Waals surface area contributed by atoms with Gasteiger partial charge in [-0.1, -0.05) is 53.4 Å². The van der Waals surface area contributed by atoms with Crippen molar-refractivity contribution in [3.05, 3.63) is 30.3 Å². The van der Waals surface area contributed by atoms with E-state index in [0.29, 0.717) is 0 Å². The standard InChI is InChI=1S/C6H5.C3H7.Al.ClH/c1-2-4-6-5-3-1;1-3-2;;/h1-5H;1,3H2,2H3;;1H/q;;+1;/p-1. The highest BCUT2D eigenvalue weighted by Gasteiger charge is 2.14. The fourth-order valence-electron chi connectivity index (χ4n) is 1.08. The third kappa shape index (κ3) is 2.87. The maximum atomic E-state index is 6.25. The summed E-state index contributed by atoms with van der Waals surface area (Å²) in [5, 5.41) is 1.20. The van der Waals surface area contributed by atoms with Crippen molar-refractivity contribution in [3.63, 3.8) is 0 Å². The summed E-state index contributed by atoms with van der Waals surface area (Å²) in [5.41, 5.74) is 0. The Kier molecular flexibility index (Phi) is 4.01. The Morgan fingerprint density at radius 3 is 2.45 bits per heavy atom. The molecular weight excluding hydrogens is 171 g/mol. The number of rotatable bonds is 3. The van der Waals surface area contributed by atoms with Crippen LogP contribution in [0.15, 0.2) is 30.3 Å². The van der Waals surface area contributed by atoms with Gasteiger partial charge in [-0.15, -0.1) is 0 Å². The minimum absolute atomic E-state index is 1.09. The fourth-order valence-corrected chi connectivity index (χ4v) is 3.65. The first-order valence-corrected chi connectivity index (χ1v) is 7.17. The molecule has 0 fully saturated rings. The highest BCUT2D eigenvalue weighted by Crippen LogP contribution is 2.01. The van der Waals surface area contributed by atoms with Crippen molar-refractivity contribution in [1.82, 2.24) is 0 Å². The van der Waals surface area contributed by atoms with Crippen molar-refractivity contribution < 1.29 is 0 Å². The Morgan fingerprint density at radius 2 is 1.91 bits per heavy atom. The molecule has 0 N–H and O–H groups in total. The second-order valence-corrected chi connectivity index (χ2v) is 6.43. The summed E-state index contributed by atoms with van der Waals surface area (Å²) in [6, 6.07) is 10.4. The number of hydrogen-bond donors (Lipinski definition) is 0. The van der Waals surface area contributed by atoms with E-state index in [2.05, 4.69) is 31.2 Å². The van der Waals surface area contributed by atoms with Crippen molar-refractivity contribution in [2.45, 2.75) is 18.6 Å². The van der Waals surface area contributed by atoms with Gasteiger partial charge >= 0.3 is 13.2 Å². The van der Waals surface area contributed by atoms with Crippen LogP contribution in [-0.2, 0) is 0 Å². The molecule has 0 aliphatic carbocycles. The van der Waals surface area contributed by atoms with Crippen molar-refractivity contribution in [1.29, 1.82) is 0 Å². The van der Waals surface area contributed by atoms with Crippen LogP contribution in [0.25, 0.3) is 0 Å². The van der Waals surface area contributed by atoms with Crippen molar-refractivity contribution in [2.75, 3.05) is 0 Å². The van der Waals surface area contributed by atoms with Gasteiger partial charge in [-0.05, 0) is 0 Å². The molecule has 0 nitrogen and oxygen atoms in total. The van der Waals surface area contributed by atoms with Crippen LogP contribution in [0.2, 0.25) is 5.28 Å². The second kappa shape index (κ2) is 4.83. The smallest absolute Gasteiger partial charge is 0.253 e. The monoisotopic (exact) mass is 182 g/mol. The lowest BCUT2D eigenvalue weighted by Gasteiger charge is -2.00. The van der Waals surface area contributed by atoms with Gasteiger partial charge in [0.05, 0.1) is 0 Å². The van der Waals surface area contributed by atoms with Crippen LogP contribution < -0.4 is 4.43 Å². The summed E-state index contributed by atoms with van der Waals surface area (Å²) >= 11 is -1.09. The van der Waals surface area contributed by atoms with E-state index in [1.54, 1.807) is 0 Å². The van der Waals surface area contributed by atoms with Crippen LogP contribution >= 0.6 is 10.0 Å². The topological polar surface area (TPSA) is 0 Å². The van der Waals surface area contributed by atoms with E-state index in [1.165, 1.54) is 16.1 Å². The lowest BCUT2D eigenvalue weighted by atomic mass is 10.4. The Labute approximate surface area is 76.8 Å². The summed E-state index contributed by atoms with van der Waals surface area (Å²) in [4.78, 5) is 0. The van der Waals surface area contributed by atoms with Gasteiger partial charge in [0.1, 0.15) is 0 Å². The SMILES string of the molecule is CC[CH2][Al]([Cl])[c]1ccccc1. The number of hydrogen-bond acceptors (Lipinski definition) is 0. The van der Waals surface area contributed by atoms with Gasteiger partial charge in [-0.2, -0.15) is 0 Å². The fraction of sp³-hybridized carbons (Fsp3) is 0.333. The van der Waals surface area contributed by atoms with Gasteiger partial charge in [-0.3, -0.25) is 10.0 Å². The second-order valence-electron chi connectivity index (χ2n) is 2.67. The first-order valence-electron chi connectivity index (χ1n) is 4.03. The lowest BCUT2D eigenvalue weighted by molar-refractivity contribution is 1.07. The Bertz CT molecular complexity index is 198. The average Bonchev–Trinajstić information content (AvgIpc) is 2.07. The largest absolute Gasteiger partial charge is 0.437 e. The van der Waals surface area contributed by atoms with Crippen LogP contribution in [0.3, 0.4) is 0 Å². The van der Waals surface area contributed by atoms with Crippen molar-refractivity contribution in [2.24, 2.45) is 0 Å². The third-order valence-corrected chi connectivity index (χ3v) is 5.31. The molecule has 0 amide bonds. The molecule has 1 aromatic carbocycles. The highest BCUT2D eigenvalue weighted by molar-refractivity contribution is 7.14. The van der Waals surface area contributed by atoms with Crippen molar-refractivity contribution >= 4 is 27.7 Å². The summed E-state index contributed by atoms with van der Waals surface area (Å²) < 4.78 is 1.37. The van der Waals surface area contributed by atoms with Gasteiger partial charge in [-0.25, -0.2) is 0 Å². The Hall–Kier alpha value is 0.0425. The van der Waals surface area contributed by atoms with E-state index < -0.39 is 13.2 Å². The van der Waals surface area contributed by atoms with E-state index in [0.717, 1.165) is 0 Å². The summed E-state index contributed by atoms with van der Waals surface area (Å²) in [6.45, 7) is 2.19. The zero-order valence-corrected chi connectivity index (χ0v) is 8.67. The van der Waals surface area contributed by atoms with Gasteiger partial charge in [0, 0.05) is 0 Å². The lowest BCUT2D eigenvalue weighted by Crippen LogP contribution is -2.22. The molecular formula is C9H12AlCl. The highest BCUT2D eigenvalue weighted by atomic mass is 35.6. The molecule has 0 bridgehead atoms. The maximum Gasteiger partial charge on any atom is 0.437 e. The maximum absolute atomic E-state index is 6.25. The van der Waals surface area contributed by atoms with Gasteiger partial charge in [0.15, 0.2) is 0 Å². The number of halogens is 1. The van der Waals surface area contributed by atoms with E-state index in [9.17, 15) is 0 Å². The zero-order valence-electron chi connectivity index (χ0n) is 6.76. The molecule has 0 radical (unpaired) electrons. The molecule has 2 heteroatoms. The third-order valence-electron chi connectivity index (χ3n) is 1.70. The minimum Gasteiger partial charge on any atom is -0.253 e. The van der Waals surface area contributed by atoms with Gasteiger partial charge in [0.2, 0.25) is 0 Å². The molecule has 0 aromatic heterocycles. The molecule has 0 heterocycles. The Morgan fingerprint density at radius 1 is 1.27 bits per heavy atom. The predicted molar refractivity (Wildman–Crippen MR) is 52.8 cm³/mol. The molecule has 0 saturated heterocycles. The first kappa shape index (κ1) is 9.13. The normalized spacial score (nSPS) is 9.64. The molecule has 58 valence electrons. The van der Waals surface area contributed by atoms with E-state index >= 15 is 0 Å². The van der Waals surface area contributed by atoms with Crippen LogP contribution in [-0.4, -0.2) is 13.2 Å². The van der Waals surface area contributed by atoms with Crippen molar-refractivity contribution in [3.8, 4) is 0 Å². The van der Waals surface area contributed by atoms with E-state index in [4.69, 9.17) is 10.0 Å². The van der Waals surface area contributed by atoms with Gasteiger partial charge < -0.3 is 0 Å². The summed E-state index contributed by atoms with van der Waals surface area (Å²) in [5.74, 6) is 0. The summed E-state index contributed by atoms with van der Waals surface area (Å²) in [7, 11) is 6.25. The molecule has 0 saturated carbocycles. The number of benzene rings is 1. The predicted octanol–water partition coefficient (Wildman–Crippen LogP) is 2.53. The Balaban J connectivity index is 2.61. The zero-order chi connectivity index (χ0) is 8.10. The van der Waals surface area contributed by atoms with E-state index in [1.807, 2.05) is 6.07 Å². The van der Waals surface area contributed by atoms with Gasteiger partial charge in [0.25, 0.3) is 0 Å². The van der Waals surface area contributed by atoms with Crippen LogP contribution in [0.1, 0.15) is 13.3 Å². The van der Waals surface area contributed by atoms with Crippen LogP contribution in [0.5, 0.6) is 0 Å². The molecule has 1 rings (SSSR count). The summed E-state index contributed by atoms with van der Waals surface area (Å²) in [6.07, 6.45) is 1.20. The molecule has 11 heavy (non-hydrogen) atoms. The average molecular weight is 183 g/mol. The molecule has 0 unspecified atom stereocenters. The molecule has 0 aliphatic rings. The molecule has 0 atom stereocenters. The first-order chi connectivity index (χ1) is 5.34. The quantitative estimate of drug-likeness (QED) is 0.631. The van der Waals surface area contributed by atoms with Crippen LogP contribution in [0.4, 0.5) is 0 Å². The van der Waals surface area contributed by atoms with E-state index in [-0.39, 0.29) is 0 Å². The molecule has 0 aliphatic heterocycles.